The predicted molar refractivity (Wildman–Crippen MR) is 74.1 cm³/mol. The van der Waals surface area contributed by atoms with Crippen LogP contribution in [-0.2, 0) is 22.5 Å². The number of carbonyl (C=O) groups is 1. The molecule has 0 saturated carbocycles. The molecule has 112 valence electrons. The molecule has 0 bridgehead atoms. The molecule has 1 aliphatic heterocycles. The number of aliphatic hydroxyl groups excluding tert-OH is 1. The predicted octanol–water partition coefficient (Wildman–Crippen LogP) is 1.59. The molecule has 2 heterocycles. The van der Waals surface area contributed by atoms with Gasteiger partial charge >= 0.3 is 5.97 Å². The van der Waals surface area contributed by atoms with Gasteiger partial charge in [0.1, 0.15) is 11.5 Å². The summed E-state index contributed by atoms with van der Waals surface area (Å²) in [6, 6.07) is 4.04. The topological polar surface area (TPSA) is 62.9 Å². The normalized spacial score (nSPS) is 18.9. The van der Waals surface area contributed by atoms with Crippen molar-refractivity contribution >= 4 is 5.97 Å². The molecular formula is C15H23NO4. The molecule has 1 saturated heterocycles. The summed E-state index contributed by atoms with van der Waals surface area (Å²) in [4.78, 5) is 13.6. The fourth-order valence-corrected chi connectivity index (χ4v) is 2.66. The number of ether oxygens (including phenoxy) is 1. The fraction of sp³-hybridized carbons (Fsp3) is 0.667. The van der Waals surface area contributed by atoms with Crippen molar-refractivity contribution in [2.24, 2.45) is 5.92 Å². The summed E-state index contributed by atoms with van der Waals surface area (Å²) < 4.78 is 10.3. The molecule has 5 nitrogen and oxygen atoms in total. The molecule has 0 amide bonds. The molecular weight excluding hydrogens is 258 g/mol. The maximum absolute atomic E-state index is 11.3. The van der Waals surface area contributed by atoms with Crippen molar-refractivity contribution in [3.8, 4) is 0 Å². The van der Waals surface area contributed by atoms with Crippen LogP contribution in [0.1, 0.15) is 31.3 Å². The summed E-state index contributed by atoms with van der Waals surface area (Å²) in [5.41, 5.74) is 0. The highest BCUT2D eigenvalue weighted by Crippen LogP contribution is 2.23. The molecule has 0 aliphatic carbocycles. The highest BCUT2D eigenvalue weighted by Gasteiger charge is 2.30. The van der Waals surface area contributed by atoms with Crippen LogP contribution in [0.25, 0.3) is 0 Å². The second-order valence-electron chi connectivity index (χ2n) is 5.30. The lowest BCUT2D eigenvalue weighted by Crippen LogP contribution is -2.40. The Hall–Kier alpha value is -1.33. The zero-order valence-electron chi connectivity index (χ0n) is 12.2. The average molecular weight is 281 g/mol. The molecule has 5 heteroatoms. The number of aryl methyl sites for hydroxylation is 1. The van der Waals surface area contributed by atoms with E-state index in [1.54, 1.807) is 0 Å². The highest BCUT2D eigenvalue weighted by atomic mass is 16.5. The zero-order chi connectivity index (χ0) is 14.5. The van der Waals surface area contributed by atoms with Gasteiger partial charge in [0.2, 0.25) is 0 Å². The van der Waals surface area contributed by atoms with Crippen molar-refractivity contribution in [3.63, 3.8) is 0 Å². The van der Waals surface area contributed by atoms with Crippen LogP contribution < -0.4 is 0 Å². The standard InChI is InChI=1S/C15H23NO4/c1-3-12-4-5-13(20-12)10-16-8-6-11(7-9-16)14(17)15(18)19-2/h4-5,11,14,17H,3,6-10H2,1-2H3. The van der Waals surface area contributed by atoms with Crippen LogP contribution in [0.4, 0.5) is 0 Å². The van der Waals surface area contributed by atoms with Crippen molar-refractivity contribution in [1.29, 1.82) is 0 Å². The van der Waals surface area contributed by atoms with Gasteiger partial charge in [-0.2, -0.15) is 0 Å². The quantitative estimate of drug-likeness (QED) is 0.830. The van der Waals surface area contributed by atoms with Crippen molar-refractivity contribution in [3.05, 3.63) is 23.7 Å². The first-order valence-corrected chi connectivity index (χ1v) is 7.20. The lowest BCUT2D eigenvalue weighted by molar-refractivity contribution is -0.154. The third-order valence-electron chi connectivity index (χ3n) is 3.97. The van der Waals surface area contributed by atoms with Gasteiger partial charge < -0.3 is 14.3 Å². The Morgan fingerprint density at radius 3 is 2.65 bits per heavy atom. The van der Waals surface area contributed by atoms with Gasteiger partial charge in [-0.1, -0.05) is 6.92 Å². The second kappa shape index (κ2) is 6.90. The number of carbonyl (C=O) groups excluding carboxylic acids is 1. The Balaban J connectivity index is 1.80. The van der Waals surface area contributed by atoms with Crippen molar-refractivity contribution in [2.45, 2.75) is 38.8 Å². The molecule has 1 aliphatic rings. The molecule has 1 aromatic heterocycles. The molecule has 1 atom stereocenters. The SMILES string of the molecule is CCc1ccc(CN2CCC(C(O)C(=O)OC)CC2)o1. The minimum Gasteiger partial charge on any atom is -0.467 e. The summed E-state index contributed by atoms with van der Waals surface area (Å²) in [7, 11) is 1.31. The summed E-state index contributed by atoms with van der Waals surface area (Å²) in [5.74, 6) is 1.47. The Morgan fingerprint density at radius 1 is 1.45 bits per heavy atom. The van der Waals surface area contributed by atoms with Crippen LogP contribution in [0, 0.1) is 5.92 Å². The van der Waals surface area contributed by atoms with Gasteiger partial charge in [0.05, 0.1) is 13.7 Å². The van der Waals surface area contributed by atoms with Crippen LogP contribution >= 0.6 is 0 Å². The van der Waals surface area contributed by atoms with Gasteiger partial charge in [-0.3, -0.25) is 4.90 Å². The first-order chi connectivity index (χ1) is 9.63. The van der Waals surface area contributed by atoms with Gasteiger partial charge in [0, 0.05) is 6.42 Å². The Morgan fingerprint density at radius 2 is 2.10 bits per heavy atom. The maximum atomic E-state index is 11.3. The Bertz CT molecular complexity index is 435. The van der Waals surface area contributed by atoms with E-state index < -0.39 is 12.1 Å². The third kappa shape index (κ3) is 3.61. The van der Waals surface area contributed by atoms with Gasteiger partial charge in [-0.15, -0.1) is 0 Å². The lowest BCUT2D eigenvalue weighted by Gasteiger charge is -2.32. The number of rotatable bonds is 5. The Kier molecular flexibility index (Phi) is 5.20. The smallest absolute Gasteiger partial charge is 0.334 e. The van der Waals surface area contributed by atoms with Crippen LogP contribution in [0.3, 0.4) is 0 Å². The minimum atomic E-state index is -0.988. The summed E-state index contributed by atoms with van der Waals surface area (Å²) in [6.45, 7) is 4.59. The molecule has 1 N–H and O–H groups in total. The van der Waals surface area contributed by atoms with E-state index in [0.29, 0.717) is 0 Å². The van der Waals surface area contributed by atoms with E-state index >= 15 is 0 Å². The summed E-state index contributed by atoms with van der Waals surface area (Å²) >= 11 is 0. The number of esters is 1. The number of methoxy groups -OCH3 is 1. The molecule has 0 radical (unpaired) electrons. The van der Waals surface area contributed by atoms with E-state index in [1.807, 2.05) is 12.1 Å². The number of hydrogen-bond donors (Lipinski definition) is 1. The van der Waals surface area contributed by atoms with Gasteiger partial charge in [-0.25, -0.2) is 4.79 Å². The number of nitrogens with zero attached hydrogens (tertiary/aromatic N) is 1. The maximum Gasteiger partial charge on any atom is 0.334 e. The number of furan rings is 1. The van der Waals surface area contributed by atoms with E-state index in [2.05, 4.69) is 16.6 Å². The lowest BCUT2D eigenvalue weighted by atomic mass is 9.91. The molecule has 2 rings (SSSR count). The summed E-state index contributed by atoms with van der Waals surface area (Å²) in [5, 5.41) is 9.84. The zero-order valence-corrected chi connectivity index (χ0v) is 12.2. The average Bonchev–Trinajstić information content (AvgIpc) is 2.94. The van der Waals surface area contributed by atoms with E-state index in [-0.39, 0.29) is 5.92 Å². The van der Waals surface area contributed by atoms with E-state index in [0.717, 1.165) is 50.4 Å². The number of hydrogen-bond acceptors (Lipinski definition) is 5. The molecule has 0 aromatic carbocycles. The van der Waals surface area contributed by atoms with Crippen LogP contribution in [0.15, 0.2) is 16.5 Å². The molecule has 1 fully saturated rings. The first-order valence-electron chi connectivity index (χ1n) is 7.20. The molecule has 20 heavy (non-hydrogen) atoms. The summed E-state index contributed by atoms with van der Waals surface area (Å²) in [6.07, 6.45) is 1.53. The minimum absolute atomic E-state index is 0.00139. The first kappa shape index (κ1) is 15.1. The van der Waals surface area contributed by atoms with Gasteiger partial charge in [0.15, 0.2) is 6.10 Å². The van der Waals surface area contributed by atoms with Crippen molar-refractivity contribution in [2.75, 3.05) is 20.2 Å². The third-order valence-corrected chi connectivity index (χ3v) is 3.97. The number of likely N-dealkylation sites (tertiary alicyclic amines) is 1. The number of piperidine rings is 1. The van der Waals surface area contributed by atoms with Crippen LogP contribution in [0.2, 0.25) is 0 Å². The van der Waals surface area contributed by atoms with E-state index in [1.165, 1.54) is 7.11 Å². The highest BCUT2D eigenvalue weighted by molar-refractivity contribution is 5.74. The van der Waals surface area contributed by atoms with E-state index in [9.17, 15) is 9.90 Å². The fourth-order valence-electron chi connectivity index (χ4n) is 2.66. The molecule has 1 unspecified atom stereocenters. The van der Waals surface area contributed by atoms with E-state index in [4.69, 9.17) is 4.42 Å². The monoisotopic (exact) mass is 281 g/mol. The van der Waals surface area contributed by atoms with Crippen molar-refractivity contribution in [1.82, 2.24) is 4.90 Å². The largest absolute Gasteiger partial charge is 0.467 e. The molecule has 0 spiro atoms. The number of aliphatic hydroxyl groups is 1. The van der Waals surface area contributed by atoms with Crippen LogP contribution in [0.5, 0.6) is 0 Å². The van der Waals surface area contributed by atoms with Gasteiger partial charge in [-0.05, 0) is 44.0 Å². The van der Waals surface area contributed by atoms with Crippen molar-refractivity contribution < 1.29 is 19.1 Å². The Labute approximate surface area is 119 Å². The van der Waals surface area contributed by atoms with Gasteiger partial charge in [0.25, 0.3) is 0 Å². The molecule has 1 aromatic rings. The second-order valence-corrected chi connectivity index (χ2v) is 5.30. The van der Waals surface area contributed by atoms with Crippen LogP contribution in [-0.4, -0.2) is 42.3 Å².